The fraction of sp³-hybridized carbons (Fsp3) is 0.312. The molecule has 0 unspecified atom stereocenters. The Morgan fingerprint density at radius 1 is 1.26 bits per heavy atom. The van der Waals surface area contributed by atoms with E-state index in [0.717, 1.165) is 0 Å². The summed E-state index contributed by atoms with van der Waals surface area (Å²) < 4.78 is 18.3. The number of hydrogen-bond donors (Lipinski definition) is 2. The highest BCUT2D eigenvalue weighted by Gasteiger charge is 2.20. The highest BCUT2D eigenvalue weighted by Crippen LogP contribution is 2.22. The Balaban J connectivity index is 2.29. The van der Waals surface area contributed by atoms with Crippen LogP contribution in [0.3, 0.4) is 0 Å². The molecule has 0 spiro atoms. The zero-order valence-corrected chi connectivity index (χ0v) is 13.5. The van der Waals surface area contributed by atoms with Crippen LogP contribution in [0, 0.1) is 5.95 Å². The highest BCUT2D eigenvalue weighted by molar-refractivity contribution is 5.95. The molecule has 0 aromatic carbocycles. The van der Waals surface area contributed by atoms with Crippen molar-refractivity contribution in [3.05, 3.63) is 42.1 Å². The molecule has 0 saturated heterocycles. The van der Waals surface area contributed by atoms with Crippen molar-refractivity contribution in [2.24, 2.45) is 0 Å². The van der Waals surface area contributed by atoms with Gasteiger partial charge in [0.1, 0.15) is 11.6 Å². The molecule has 2 rings (SSSR count). The van der Waals surface area contributed by atoms with Gasteiger partial charge in [-0.2, -0.15) is 4.39 Å². The Morgan fingerprint density at radius 2 is 2.00 bits per heavy atom. The molecular weight excluding hydrogens is 299 g/mol. The number of pyridine rings is 2. The highest BCUT2D eigenvalue weighted by atomic mass is 19.1. The first-order chi connectivity index (χ1) is 10.8. The summed E-state index contributed by atoms with van der Waals surface area (Å²) in [4.78, 5) is 20.1. The molecule has 23 heavy (non-hydrogen) atoms. The monoisotopic (exact) mass is 318 g/mol. The van der Waals surface area contributed by atoms with Crippen LogP contribution < -0.4 is 15.4 Å². The molecule has 2 aromatic heterocycles. The van der Waals surface area contributed by atoms with Crippen LogP contribution in [0.5, 0.6) is 5.75 Å². The van der Waals surface area contributed by atoms with Crippen LogP contribution in [0.4, 0.5) is 15.9 Å². The Hall–Kier alpha value is -2.70. The van der Waals surface area contributed by atoms with E-state index in [-0.39, 0.29) is 11.6 Å². The molecule has 0 aliphatic rings. The van der Waals surface area contributed by atoms with Crippen molar-refractivity contribution in [3.63, 3.8) is 0 Å². The van der Waals surface area contributed by atoms with Gasteiger partial charge in [0.15, 0.2) is 5.69 Å². The number of amides is 1. The van der Waals surface area contributed by atoms with Crippen LogP contribution in [0.25, 0.3) is 0 Å². The number of carbonyl (C=O) groups excluding carboxylic acids is 1. The van der Waals surface area contributed by atoms with Crippen LogP contribution >= 0.6 is 0 Å². The predicted molar refractivity (Wildman–Crippen MR) is 85.5 cm³/mol. The smallest absolute Gasteiger partial charge is 0.274 e. The maximum atomic E-state index is 13.1. The Morgan fingerprint density at radius 3 is 2.61 bits per heavy atom. The maximum Gasteiger partial charge on any atom is 0.274 e. The number of anilines is 2. The number of nitrogens with one attached hydrogen (secondary N) is 2. The summed E-state index contributed by atoms with van der Waals surface area (Å²) in [5.41, 5.74) is 0.237. The lowest BCUT2D eigenvalue weighted by Crippen LogP contribution is -2.41. The minimum atomic E-state index is -0.603. The van der Waals surface area contributed by atoms with E-state index in [9.17, 15) is 9.18 Å². The van der Waals surface area contributed by atoms with E-state index < -0.39 is 11.5 Å². The van der Waals surface area contributed by atoms with E-state index in [0.29, 0.717) is 17.3 Å². The van der Waals surface area contributed by atoms with Gasteiger partial charge in [-0.3, -0.25) is 4.79 Å². The van der Waals surface area contributed by atoms with Gasteiger partial charge in [0.05, 0.1) is 7.11 Å². The molecule has 0 aliphatic carbocycles. The Kier molecular flexibility index (Phi) is 4.78. The second-order valence-corrected chi connectivity index (χ2v) is 5.94. The number of methoxy groups -OCH3 is 1. The van der Waals surface area contributed by atoms with Crippen LogP contribution in [-0.4, -0.2) is 28.5 Å². The summed E-state index contributed by atoms with van der Waals surface area (Å²) in [7, 11) is 1.47. The van der Waals surface area contributed by atoms with E-state index in [4.69, 9.17) is 4.74 Å². The second-order valence-electron chi connectivity index (χ2n) is 5.94. The third kappa shape index (κ3) is 4.64. The molecule has 7 heteroatoms. The van der Waals surface area contributed by atoms with E-state index in [1.807, 2.05) is 20.8 Å². The fourth-order valence-corrected chi connectivity index (χ4v) is 1.87. The normalized spacial score (nSPS) is 11.0. The molecule has 2 heterocycles. The van der Waals surface area contributed by atoms with Gasteiger partial charge >= 0.3 is 0 Å². The summed E-state index contributed by atoms with van der Waals surface area (Å²) >= 11 is 0. The number of aromatic nitrogens is 2. The molecule has 0 radical (unpaired) electrons. The molecule has 0 saturated carbocycles. The van der Waals surface area contributed by atoms with Gasteiger partial charge in [-0.05, 0) is 39.0 Å². The van der Waals surface area contributed by atoms with E-state index in [1.165, 1.54) is 19.4 Å². The van der Waals surface area contributed by atoms with E-state index in [1.54, 1.807) is 18.2 Å². The molecule has 0 atom stereocenters. The first-order valence-corrected chi connectivity index (χ1v) is 7.04. The SMILES string of the molecule is COc1ccc(Nc2ccnc(F)c2)nc1C(=O)NC(C)(C)C. The molecule has 0 fully saturated rings. The van der Waals surface area contributed by atoms with Crippen molar-refractivity contribution in [3.8, 4) is 5.75 Å². The lowest BCUT2D eigenvalue weighted by molar-refractivity contribution is 0.0911. The molecular formula is C16H19FN4O2. The lowest BCUT2D eigenvalue weighted by Gasteiger charge is -2.21. The minimum Gasteiger partial charge on any atom is -0.494 e. The third-order valence-corrected chi connectivity index (χ3v) is 2.78. The van der Waals surface area contributed by atoms with Gasteiger partial charge in [0.25, 0.3) is 5.91 Å². The molecule has 122 valence electrons. The van der Waals surface area contributed by atoms with Crippen molar-refractivity contribution in [1.29, 1.82) is 0 Å². The number of carbonyl (C=O) groups is 1. The zero-order valence-electron chi connectivity index (χ0n) is 13.5. The molecule has 2 N–H and O–H groups in total. The summed E-state index contributed by atoms with van der Waals surface area (Å²) in [6, 6.07) is 6.11. The Bertz CT molecular complexity index is 713. The average Bonchev–Trinajstić information content (AvgIpc) is 2.45. The van der Waals surface area contributed by atoms with Crippen LogP contribution in [0.15, 0.2) is 30.5 Å². The molecule has 0 aliphatic heterocycles. The van der Waals surface area contributed by atoms with Crippen molar-refractivity contribution in [1.82, 2.24) is 15.3 Å². The van der Waals surface area contributed by atoms with Crippen LogP contribution in [0.1, 0.15) is 31.3 Å². The molecule has 1 amide bonds. The average molecular weight is 318 g/mol. The topological polar surface area (TPSA) is 76.1 Å². The van der Waals surface area contributed by atoms with Gasteiger partial charge in [-0.25, -0.2) is 9.97 Å². The predicted octanol–water partition coefficient (Wildman–Crippen LogP) is 2.90. The standard InChI is InChI=1S/C16H19FN4O2/c1-16(2,3)21-15(22)14-11(23-4)5-6-13(20-14)19-10-7-8-18-12(17)9-10/h5-9H,1-4H3,(H,21,22)(H,18,19,20). The van der Waals surface area contributed by atoms with E-state index in [2.05, 4.69) is 20.6 Å². The van der Waals surface area contributed by atoms with Crippen molar-refractivity contribution < 1.29 is 13.9 Å². The van der Waals surface area contributed by atoms with Gasteiger partial charge in [0.2, 0.25) is 5.95 Å². The number of nitrogens with zero attached hydrogens (tertiary/aromatic N) is 2. The largest absolute Gasteiger partial charge is 0.494 e. The van der Waals surface area contributed by atoms with Crippen LogP contribution in [0.2, 0.25) is 0 Å². The summed E-state index contributed by atoms with van der Waals surface area (Å²) in [6.07, 6.45) is 1.34. The minimum absolute atomic E-state index is 0.155. The molecule has 2 aromatic rings. The molecule has 6 nitrogen and oxygen atoms in total. The summed E-state index contributed by atoms with van der Waals surface area (Å²) in [6.45, 7) is 5.62. The first kappa shape index (κ1) is 16.7. The number of hydrogen-bond acceptors (Lipinski definition) is 5. The fourth-order valence-electron chi connectivity index (χ4n) is 1.87. The van der Waals surface area contributed by atoms with Crippen molar-refractivity contribution >= 4 is 17.4 Å². The number of ether oxygens (including phenoxy) is 1. The number of rotatable bonds is 4. The van der Waals surface area contributed by atoms with Crippen molar-refractivity contribution in [2.75, 3.05) is 12.4 Å². The van der Waals surface area contributed by atoms with Gasteiger partial charge < -0.3 is 15.4 Å². The molecule has 0 bridgehead atoms. The van der Waals surface area contributed by atoms with Gasteiger partial charge in [0, 0.05) is 23.5 Å². The number of halogens is 1. The first-order valence-electron chi connectivity index (χ1n) is 7.04. The Labute approximate surface area is 134 Å². The van der Waals surface area contributed by atoms with Gasteiger partial charge in [-0.15, -0.1) is 0 Å². The second kappa shape index (κ2) is 6.60. The maximum absolute atomic E-state index is 13.1. The van der Waals surface area contributed by atoms with Crippen LogP contribution in [-0.2, 0) is 0 Å². The summed E-state index contributed by atoms with van der Waals surface area (Å²) in [5.74, 6) is -0.193. The van der Waals surface area contributed by atoms with Crippen molar-refractivity contribution in [2.45, 2.75) is 26.3 Å². The summed E-state index contributed by atoms with van der Waals surface area (Å²) in [5, 5.41) is 5.76. The van der Waals surface area contributed by atoms with Gasteiger partial charge in [-0.1, -0.05) is 0 Å². The third-order valence-electron chi connectivity index (χ3n) is 2.78. The quantitative estimate of drug-likeness (QED) is 0.848. The lowest BCUT2D eigenvalue weighted by atomic mass is 10.1. The van der Waals surface area contributed by atoms with E-state index >= 15 is 0 Å². The zero-order chi connectivity index (χ0) is 17.0.